The summed E-state index contributed by atoms with van der Waals surface area (Å²) in [7, 11) is 1.97. The van der Waals surface area contributed by atoms with Crippen LogP contribution in [0.3, 0.4) is 0 Å². The molecular weight excluding hydrogens is 615 g/mol. The van der Waals surface area contributed by atoms with Crippen LogP contribution >= 0.6 is 0 Å². The number of alkyl halides is 2. The molecule has 3 aliphatic rings. The first-order valence-electron chi connectivity index (χ1n) is 16.9. The van der Waals surface area contributed by atoms with E-state index < -0.39 is 47.5 Å². The van der Waals surface area contributed by atoms with E-state index >= 15 is 13.2 Å². The number of amides is 4. The second kappa shape index (κ2) is 16.3. The number of halogens is 3. The van der Waals surface area contributed by atoms with Crippen LogP contribution in [0.25, 0.3) is 0 Å². The molecule has 4 amide bonds. The van der Waals surface area contributed by atoms with Crippen molar-refractivity contribution in [2.45, 2.75) is 89.6 Å². The van der Waals surface area contributed by atoms with Crippen LogP contribution in [0.1, 0.15) is 77.2 Å². The molecule has 10 nitrogen and oxygen atoms in total. The number of hydrogen-bond donors (Lipinski definition) is 3. The molecule has 47 heavy (non-hydrogen) atoms. The van der Waals surface area contributed by atoms with E-state index in [4.69, 9.17) is 4.74 Å². The molecule has 2 saturated heterocycles. The van der Waals surface area contributed by atoms with Gasteiger partial charge in [-0.25, -0.2) is 4.39 Å². The number of anilines is 1. The molecule has 0 spiro atoms. The number of rotatable bonds is 11. The van der Waals surface area contributed by atoms with Gasteiger partial charge in [0.25, 0.3) is 5.91 Å². The lowest BCUT2D eigenvalue weighted by atomic mass is 9.78. The Balaban J connectivity index is 1.51. The fraction of sp³-hybridized carbons (Fsp3) is 0.706. The number of carbonyl (C=O) groups excluding carboxylic acids is 4. The van der Waals surface area contributed by atoms with E-state index in [1.54, 1.807) is 24.8 Å². The van der Waals surface area contributed by atoms with Crippen molar-refractivity contribution in [2.75, 3.05) is 51.8 Å². The largest absolute Gasteiger partial charge is 0.381 e. The van der Waals surface area contributed by atoms with E-state index in [9.17, 15) is 19.2 Å². The van der Waals surface area contributed by atoms with Gasteiger partial charge in [-0.3, -0.25) is 19.2 Å². The average Bonchev–Trinajstić information content (AvgIpc) is 3.07. The van der Waals surface area contributed by atoms with Gasteiger partial charge in [0, 0.05) is 57.6 Å². The van der Waals surface area contributed by atoms with Crippen LogP contribution in [0.2, 0.25) is 0 Å². The molecule has 1 saturated carbocycles. The number of piperazine rings is 1. The standard InChI is InChI=1S/C34H50F3N5O5/c1-5-28(43)39-29(32(45)42-16-14-41(4)15-17-42)22(3)24-10-11-27(26(35)20-24)38-31(44)30(23-8-6-21(2)7-9-23)40-33(46)34(36,37)25-12-18-47-19-13-25/h10-11,20-23,25,29-30H,5-9,12-19H2,1-4H3,(H,38,44)(H,39,43)(H,40,46)/t21?,22-,23?,29+,30-/m0/s1. The molecule has 3 atom stereocenters. The zero-order chi connectivity index (χ0) is 34.3. The van der Waals surface area contributed by atoms with Crippen molar-refractivity contribution in [1.82, 2.24) is 20.4 Å². The van der Waals surface area contributed by atoms with E-state index in [-0.39, 0.29) is 55.9 Å². The van der Waals surface area contributed by atoms with Crippen molar-refractivity contribution in [3.8, 4) is 0 Å². The Morgan fingerprint density at radius 1 is 0.979 bits per heavy atom. The van der Waals surface area contributed by atoms with Crippen LogP contribution in [-0.4, -0.2) is 97.9 Å². The lowest BCUT2D eigenvalue weighted by Crippen LogP contribution is -2.56. The summed E-state index contributed by atoms with van der Waals surface area (Å²) in [5.41, 5.74) is 0.261. The Bertz CT molecular complexity index is 1260. The van der Waals surface area contributed by atoms with E-state index in [0.29, 0.717) is 50.5 Å². The Morgan fingerprint density at radius 2 is 1.62 bits per heavy atom. The molecule has 1 aromatic carbocycles. The molecule has 0 unspecified atom stereocenters. The average molecular weight is 666 g/mol. The minimum atomic E-state index is -3.68. The van der Waals surface area contributed by atoms with E-state index in [1.165, 1.54) is 12.1 Å². The van der Waals surface area contributed by atoms with Crippen molar-refractivity contribution in [3.05, 3.63) is 29.6 Å². The maximum atomic E-state index is 15.6. The molecule has 2 aliphatic heterocycles. The smallest absolute Gasteiger partial charge is 0.327 e. The number of benzene rings is 1. The minimum absolute atomic E-state index is 0.0398. The second-order valence-electron chi connectivity index (χ2n) is 13.5. The van der Waals surface area contributed by atoms with Gasteiger partial charge in [-0.15, -0.1) is 0 Å². The first kappa shape index (κ1) is 36.6. The number of likely N-dealkylation sites (N-methyl/N-ethyl adjacent to an activating group) is 1. The van der Waals surface area contributed by atoms with Crippen molar-refractivity contribution < 1.29 is 37.1 Å². The van der Waals surface area contributed by atoms with Crippen LogP contribution in [0.5, 0.6) is 0 Å². The zero-order valence-electron chi connectivity index (χ0n) is 28.0. The molecule has 1 aliphatic carbocycles. The fourth-order valence-electron chi connectivity index (χ4n) is 6.72. The van der Waals surface area contributed by atoms with Crippen LogP contribution in [-0.2, 0) is 23.9 Å². The summed E-state index contributed by atoms with van der Waals surface area (Å²) in [6.07, 6.45) is 2.95. The maximum absolute atomic E-state index is 15.6. The topological polar surface area (TPSA) is 120 Å². The van der Waals surface area contributed by atoms with Gasteiger partial charge in [0.05, 0.1) is 5.69 Å². The summed E-state index contributed by atoms with van der Waals surface area (Å²) in [6.45, 7) is 8.20. The Hall–Kier alpha value is -3.19. The SMILES string of the molecule is CCC(=O)N[C@@H](C(=O)N1CCN(C)CC1)[C@@H](C)c1ccc(NC(=O)[C@@H](NC(=O)C(F)(F)C2CCOCC2)C2CCC(C)CC2)c(F)c1. The van der Waals surface area contributed by atoms with Crippen molar-refractivity contribution in [2.24, 2.45) is 17.8 Å². The van der Waals surface area contributed by atoms with Crippen molar-refractivity contribution >= 4 is 29.3 Å². The van der Waals surface area contributed by atoms with Gasteiger partial charge in [-0.1, -0.05) is 39.7 Å². The molecule has 3 N–H and O–H groups in total. The van der Waals surface area contributed by atoms with Crippen LogP contribution in [0.15, 0.2) is 18.2 Å². The maximum Gasteiger partial charge on any atom is 0.327 e. The Kier molecular flexibility index (Phi) is 12.7. The van der Waals surface area contributed by atoms with Crippen LogP contribution in [0.4, 0.5) is 18.9 Å². The highest BCUT2D eigenvalue weighted by Gasteiger charge is 2.49. The summed E-state index contributed by atoms with van der Waals surface area (Å²) in [6, 6.07) is 1.94. The predicted molar refractivity (Wildman–Crippen MR) is 171 cm³/mol. The molecule has 1 aromatic rings. The highest BCUT2D eigenvalue weighted by molar-refractivity contribution is 5.98. The third kappa shape index (κ3) is 9.25. The molecule has 262 valence electrons. The molecule has 13 heteroatoms. The van der Waals surface area contributed by atoms with Gasteiger partial charge < -0.3 is 30.5 Å². The third-order valence-corrected chi connectivity index (χ3v) is 10.1. The summed E-state index contributed by atoms with van der Waals surface area (Å²) >= 11 is 0. The molecular formula is C34H50F3N5O5. The monoisotopic (exact) mass is 665 g/mol. The number of nitrogens with one attached hydrogen (secondary N) is 3. The normalized spacial score (nSPS) is 23.3. The number of hydrogen-bond acceptors (Lipinski definition) is 6. The van der Waals surface area contributed by atoms with Gasteiger partial charge in [-0.05, 0) is 62.3 Å². The zero-order valence-corrected chi connectivity index (χ0v) is 28.0. The van der Waals surface area contributed by atoms with Gasteiger partial charge in [0.15, 0.2) is 0 Å². The van der Waals surface area contributed by atoms with Crippen LogP contribution in [0, 0.1) is 23.6 Å². The first-order valence-corrected chi connectivity index (χ1v) is 16.9. The molecule has 4 rings (SSSR count). The third-order valence-electron chi connectivity index (χ3n) is 10.1. The predicted octanol–water partition coefficient (Wildman–Crippen LogP) is 3.91. The quantitative estimate of drug-likeness (QED) is 0.330. The van der Waals surface area contributed by atoms with Gasteiger partial charge in [0.1, 0.15) is 17.9 Å². The van der Waals surface area contributed by atoms with E-state index in [2.05, 4.69) is 27.8 Å². The molecule has 0 bridgehead atoms. The lowest BCUT2D eigenvalue weighted by Gasteiger charge is -2.36. The fourth-order valence-corrected chi connectivity index (χ4v) is 6.72. The molecule has 3 fully saturated rings. The summed E-state index contributed by atoms with van der Waals surface area (Å²) in [5, 5.41) is 7.67. The summed E-state index contributed by atoms with van der Waals surface area (Å²) in [5.74, 6) is -9.04. The Labute approximate surface area is 275 Å². The summed E-state index contributed by atoms with van der Waals surface area (Å²) < 4.78 is 51.2. The molecule has 0 radical (unpaired) electrons. The van der Waals surface area contributed by atoms with Crippen LogP contribution < -0.4 is 16.0 Å². The highest BCUT2D eigenvalue weighted by Crippen LogP contribution is 2.35. The van der Waals surface area contributed by atoms with E-state index in [1.807, 2.05) is 7.05 Å². The number of carbonyl (C=O) groups is 4. The van der Waals surface area contributed by atoms with Crippen molar-refractivity contribution in [1.29, 1.82) is 0 Å². The number of nitrogens with zero attached hydrogens (tertiary/aromatic N) is 2. The van der Waals surface area contributed by atoms with Gasteiger partial charge in [-0.2, -0.15) is 8.78 Å². The number of ether oxygens (including phenoxy) is 1. The first-order chi connectivity index (χ1) is 22.3. The second-order valence-corrected chi connectivity index (χ2v) is 13.5. The lowest BCUT2D eigenvalue weighted by molar-refractivity contribution is -0.161. The van der Waals surface area contributed by atoms with Gasteiger partial charge in [0.2, 0.25) is 17.7 Å². The highest BCUT2D eigenvalue weighted by atomic mass is 19.3. The van der Waals surface area contributed by atoms with Gasteiger partial charge >= 0.3 is 5.92 Å². The molecule has 2 heterocycles. The molecule has 0 aromatic heterocycles. The van der Waals surface area contributed by atoms with E-state index in [0.717, 1.165) is 12.8 Å². The summed E-state index contributed by atoms with van der Waals surface area (Å²) in [4.78, 5) is 56.3. The van der Waals surface area contributed by atoms with Crippen molar-refractivity contribution in [3.63, 3.8) is 0 Å². The Morgan fingerprint density at radius 3 is 2.21 bits per heavy atom. The minimum Gasteiger partial charge on any atom is -0.381 e.